The van der Waals surface area contributed by atoms with Crippen LogP contribution in [0.1, 0.15) is 11.3 Å². The first-order chi connectivity index (χ1) is 6.19. The molecule has 0 aliphatic rings. The Kier molecular flexibility index (Phi) is 3.16. The van der Waals surface area contributed by atoms with Crippen LogP contribution < -0.4 is 11.1 Å². The van der Waals surface area contributed by atoms with Crippen molar-refractivity contribution in [1.82, 2.24) is 4.37 Å². The number of nitrogens with two attached hydrogens (primary N) is 1. The van der Waals surface area contributed by atoms with Gasteiger partial charge in [-0.15, -0.1) is 0 Å². The van der Waals surface area contributed by atoms with Gasteiger partial charge in [-0.25, -0.2) is 0 Å². The Labute approximate surface area is 80.6 Å². The number of nitrogens with zero attached hydrogens (tertiary/aromatic N) is 1. The maximum absolute atomic E-state index is 11.0. The van der Waals surface area contributed by atoms with E-state index in [1.807, 2.05) is 6.92 Å². The van der Waals surface area contributed by atoms with Crippen LogP contribution in [0.25, 0.3) is 0 Å². The van der Waals surface area contributed by atoms with Gasteiger partial charge in [-0.3, -0.25) is 4.79 Å². The fourth-order valence-corrected chi connectivity index (χ4v) is 1.72. The van der Waals surface area contributed by atoms with E-state index < -0.39 is 0 Å². The number of hydrogen-bond donors (Lipinski definition) is 2. The van der Waals surface area contributed by atoms with E-state index in [9.17, 15) is 4.79 Å². The molecule has 1 rings (SSSR count). The molecule has 0 fully saturated rings. The lowest BCUT2D eigenvalue weighted by molar-refractivity contribution is -0.111. The Bertz CT molecular complexity index is 332. The molecule has 3 N–H and O–H groups in total. The van der Waals surface area contributed by atoms with Crippen LogP contribution in [0, 0.1) is 6.92 Å². The summed E-state index contributed by atoms with van der Waals surface area (Å²) < 4.78 is 4.09. The largest absolute Gasteiger partial charge is 0.326 e. The van der Waals surface area contributed by atoms with Crippen molar-refractivity contribution in [3.63, 3.8) is 0 Å². The number of aromatic nitrogens is 1. The normalized spacial score (nSPS) is 9.69. The van der Waals surface area contributed by atoms with Crippen LogP contribution in [0.15, 0.2) is 12.7 Å². The standard InChI is InChI=1S/C8H11N3OS/c1-3-7(12)10-8-6(4-9)5(2)11-13-8/h3H,1,4,9H2,2H3,(H,10,12). The number of hydrogen-bond acceptors (Lipinski definition) is 4. The van der Waals surface area contributed by atoms with Gasteiger partial charge in [-0.1, -0.05) is 6.58 Å². The lowest BCUT2D eigenvalue weighted by Crippen LogP contribution is -2.09. The van der Waals surface area contributed by atoms with Gasteiger partial charge < -0.3 is 11.1 Å². The molecule has 1 aromatic rings. The number of carbonyl (C=O) groups excluding carboxylic acids is 1. The molecule has 0 bridgehead atoms. The first-order valence-electron chi connectivity index (χ1n) is 3.77. The number of aryl methyl sites for hydroxylation is 1. The lowest BCUT2D eigenvalue weighted by atomic mass is 10.2. The molecule has 0 radical (unpaired) electrons. The van der Waals surface area contributed by atoms with E-state index in [4.69, 9.17) is 5.73 Å². The van der Waals surface area contributed by atoms with Gasteiger partial charge in [-0.2, -0.15) is 4.37 Å². The minimum absolute atomic E-state index is 0.238. The summed E-state index contributed by atoms with van der Waals surface area (Å²) in [6, 6.07) is 0. The van der Waals surface area contributed by atoms with Gasteiger partial charge in [0.15, 0.2) is 0 Å². The molecule has 0 aromatic carbocycles. The van der Waals surface area contributed by atoms with E-state index in [2.05, 4.69) is 16.3 Å². The van der Waals surface area contributed by atoms with Crippen molar-refractivity contribution in [2.24, 2.45) is 5.73 Å². The Morgan fingerprint density at radius 2 is 2.54 bits per heavy atom. The molecule has 0 aliphatic carbocycles. The van der Waals surface area contributed by atoms with Gasteiger partial charge in [0, 0.05) is 12.1 Å². The topological polar surface area (TPSA) is 68.0 Å². The zero-order valence-electron chi connectivity index (χ0n) is 7.33. The van der Waals surface area contributed by atoms with Crippen LogP contribution in [0.4, 0.5) is 5.00 Å². The smallest absolute Gasteiger partial charge is 0.248 e. The molecule has 5 heteroatoms. The molecule has 1 heterocycles. The second-order valence-corrected chi connectivity index (χ2v) is 3.25. The third kappa shape index (κ3) is 2.13. The van der Waals surface area contributed by atoms with Crippen LogP contribution in [0.3, 0.4) is 0 Å². The second-order valence-electron chi connectivity index (χ2n) is 2.47. The zero-order valence-corrected chi connectivity index (χ0v) is 8.15. The number of amides is 1. The number of anilines is 1. The molecule has 1 aromatic heterocycles. The van der Waals surface area contributed by atoms with Crippen molar-refractivity contribution >= 4 is 22.4 Å². The number of nitrogens with one attached hydrogen (secondary N) is 1. The minimum atomic E-state index is -0.238. The first kappa shape index (κ1) is 9.88. The maximum atomic E-state index is 11.0. The maximum Gasteiger partial charge on any atom is 0.248 e. The van der Waals surface area contributed by atoms with Crippen molar-refractivity contribution in [3.05, 3.63) is 23.9 Å². The first-order valence-corrected chi connectivity index (χ1v) is 4.55. The molecule has 1 amide bonds. The van der Waals surface area contributed by atoms with E-state index in [0.717, 1.165) is 11.3 Å². The summed E-state index contributed by atoms with van der Waals surface area (Å²) >= 11 is 1.23. The van der Waals surface area contributed by atoms with Crippen LogP contribution in [-0.2, 0) is 11.3 Å². The van der Waals surface area contributed by atoms with Gasteiger partial charge in [0.05, 0.1) is 5.69 Å². The Hall–Kier alpha value is -1.20. The van der Waals surface area contributed by atoms with E-state index >= 15 is 0 Å². The fraction of sp³-hybridized carbons (Fsp3) is 0.250. The Morgan fingerprint density at radius 3 is 3.08 bits per heavy atom. The fourth-order valence-electron chi connectivity index (χ4n) is 0.890. The molecule has 4 nitrogen and oxygen atoms in total. The highest BCUT2D eigenvalue weighted by atomic mass is 32.1. The average molecular weight is 197 g/mol. The molecule has 13 heavy (non-hydrogen) atoms. The Morgan fingerprint density at radius 1 is 1.85 bits per heavy atom. The summed E-state index contributed by atoms with van der Waals surface area (Å²) in [5, 5.41) is 3.36. The average Bonchev–Trinajstić information content (AvgIpc) is 2.46. The highest BCUT2D eigenvalue weighted by Gasteiger charge is 2.09. The van der Waals surface area contributed by atoms with Crippen LogP contribution >= 0.6 is 11.5 Å². The molecule has 70 valence electrons. The minimum Gasteiger partial charge on any atom is -0.326 e. The molecule has 0 atom stereocenters. The van der Waals surface area contributed by atoms with Gasteiger partial charge in [0.25, 0.3) is 0 Å². The summed E-state index contributed by atoms with van der Waals surface area (Å²) in [5.41, 5.74) is 7.26. The second kappa shape index (κ2) is 4.15. The molecular formula is C8H11N3OS. The van der Waals surface area contributed by atoms with Crippen LogP contribution in [0.2, 0.25) is 0 Å². The van der Waals surface area contributed by atoms with Gasteiger partial charge in [-0.05, 0) is 24.5 Å². The van der Waals surface area contributed by atoms with Gasteiger partial charge in [0.1, 0.15) is 5.00 Å². The highest BCUT2D eigenvalue weighted by Crippen LogP contribution is 2.23. The molecular weight excluding hydrogens is 186 g/mol. The van der Waals surface area contributed by atoms with Crippen molar-refractivity contribution < 1.29 is 4.79 Å². The summed E-state index contributed by atoms with van der Waals surface area (Å²) in [5.74, 6) is -0.238. The molecule has 0 saturated carbocycles. The van der Waals surface area contributed by atoms with Crippen LogP contribution in [0.5, 0.6) is 0 Å². The van der Waals surface area contributed by atoms with Crippen molar-refractivity contribution in [1.29, 1.82) is 0 Å². The van der Waals surface area contributed by atoms with E-state index in [-0.39, 0.29) is 5.91 Å². The Balaban J connectivity index is 2.88. The summed E-state index contributed by atoms with van der Waals surface area (Å²) in [6.45, 7) is 5.61. The third-order valence-electron chi connectivity index (χ3n) is 1.61. The number of rotatable bonds is 3. The molecule has 0 saturated heterocycles. The molecule has 0 spiro atoms. The predicted molar refractivity (Wildman–Crippen MR) is 53.6 cm³/mol. The van der Waals surface area contributed by atoms with E-state index in [1.165, 1.54) is 17.6 Å². The monoisotopic (exact) mass is 197 g/mol. The van der Waals surface area contributed by atoms with Crippen molar-refractivity contribution in [2.45, 2.75) is 13.5 Å². The van der Waals surface area contributed by atoms with Crippen LogP contribution in [-0.4, -0.2) is 10.3 Å². The molecule has 0 aliphatic heterocycles. The SMILES string of the molecule is C=CC(=O)Nc1snc(C)c1CN. The quantitative estimate of drug-likeness (QED) is 0.711. The van der Waals surface area contributed by atoms with Crippen molar-refractivity contribution in [3.8, 4) is 0 Å². The van der Waals surface area contributed by atoms with Crippen molar-refractivity contribution in [2.75, 3.05) is 5.32 Å². The highest BCUT2D eigenvalue weighted by molar-refractivity contribution is 7.10. The predicted octanol–water partition coefficient (Wildman–Crippen LogP) is 1.03. The molecule has 0 unspecified atom stereocenters. The number of carbonyl (C=O) groups is 1. The van der Waals surface area contributed by atoms with E-state index in [0.29, 0.717) is 11.5 Å². The lowest BCUT2D eigenvalue weighted by Gasteiger charge is -2.00. The van der Waals surface area contributed by atoms with E-state index in [1.54, 1.807) is 0 Å². The van der Waals surface area contributed by atoms with Gasteiger partial charge >= 0.3 is 0 Å². The summed E-state index contributed by atoms with van der Waals surface area (Å²) in [7, 11) is 0. The zero-order chi connectivity index (χ0) is 9.84. The van der Waals surface area contributed by atoms with Gasteiger partial charge in [0.2, 0.25) is 5.91 Å². The summed E-state index contributed by atoms with van der Waals surface area (Å²) in [6.07, 6.45) is 1.22. The summed E-state index contributed by atoms with van der Waals surface area (Å²) in [4.78, 5) is 11.0. The third-order valence-corrected chi connectivity index (χ3v) is 2.51.